The Labute approximate surface area is 124 Å². The first-order valence-corrected chi connectivity index (χ1v) is 7.23. The van der Waals surface area contributed by atoms with E-state index in [0.29, 0.717) is 13.2 Å². The van der Waals surface area contributed by atoms with Crippen molar-refractivity contribution in [2.75, 3.05) is 13.2 Å². The molecule has 4 nitrogen and oxygen atoms in total. The second-order valence-corrected chi connectivity index (χ2v) is 6.20. The van der Waals surface area contributed by atoms with Gasteiger partial charge in [0.05, 0.1) is 13.2 Å². The van der Waals surface area contributed by atoms with Gasteiger partial charge in [0.25, 0.3) is 0 Å². The quantitative estimate of drug-likeness (QED) is 0.519. The highest BCUT2D eigenvalue weighted by Crippen LogP contribution is 2.21. The minimum Gasteiger partial charge on any atom is -0.461 e. The Hall–Kier alpha value is -0.360. The van der Waals surface area contributed by atoms with Crippen LogP contribution in [0.4, 0.5) is 0 Å². The highest BCUT2D eigenvalue weighted by atomic mass is 79.9. The average Bonchev–Trinajstić information content (AvgIpc) is 2.30. The molecular formula is C12H18Br2O4. The number of rotatable bonds is 6. The van der Waals surface area contributed by atoms with Gasteiger partial charge >= 0.3 is 11.9 Å². The van der Waals surface area contributed by atoms with E-state index in [0.717, 1.165) is 0 Å². The summed E-state index contributed by atoms with van der Waals surface area (Å²) in [5.41, 5.74) is 0. The fraction of sp³-hybridized carbons (Fsp3) is 0.667. The average molecular weight is 386 g/mol. The first-order chi connectivity index (χ1) is 8.25. The number of hydrogen-bond acceptors (Lipinski definition) is 4. The first-order valence-electron chi connectivity index (χ1n) is 5.65. The van der Waals surface area contributed by atoms with Gasteiger partial charge in [0.2, 0.25) is 0 Å². The van der Waals surface area contributed by atoms with E-state index in [-0.39, 0.29) is 20.8 Å². The SMILES string of the molecule is CC(C)COC(=O)/C(Br)=C(/Br)C(=O)OCC(C)C. The Morgan fingerprint density at radius 1 is 0.833 bits per heavy atom. The summed E-state index contributed by atoms with van der Waals surface area (Å²) in [6, 6.07) is 0. The molecule has 0 rings (SSSR count). The van der Waals surface area contributed by atoms with Gasteiger partial charge in [-0.3, -0.25) is 0 Å². The molecule has 0 bridgehead atoms. The summed E-state index contributed by atoms with van der Waals surface area (Å²) in [6.07, 6.45) is 0. The van der Waals surface area contributed by atoms with Gasteiger partial charge in [0, 0.05) is 0 Å². The van der Waals surface area contributed by atoms with Crippen molar-refractivity contribution in [2.24, 2.45) is 11.8 Å². The predicted octanol–water partition coefficient (Wildman–Crippen LogP) is 3.39. The van der Waals surface area contributed by atoms with Gasteiger partial charge in [-0.15, -0.1) is 0 Å². The van der Waals surface area contributed by atoms with Crippen LogP contribution in [-0.2, 0) is 19.1 Å². The summed E-state index contributed by atoms with van der Waals surface area (Å²) >= 11 is 6.05. The number of carbonyl (C=O) groups is 2. The largest absolute Gasteiger partial charge is 0.461 e. The normalized spacial score (nSPS) is 12.4. The zero-order chi connectivity index (χ0) is 14.3. The zero-order valence-electron chi connectivity index (χ0n) is 11.0. The van der Waals surface area contributed by atoms with Crippen LogP contribution in [0.1, 0.15) is 27.7 Å². The molecule has 0 unspecified atom stereocenters. The van der Waals surface area contributed by atoms with Crippen LogP contribution in [0.15, 0.2) is 8.96 Å². The van der Waals surface area contributed by atoms with Gasteiger partial charge < -0.3 is 9.47 Å². The summed E-state index contributed by atoms with van der Waals surface area (Å²) in [5, 5.41) is 0. The Morgan fingerprint density at radius 3 is 1.33 bits per heavy atom. The molecule has 0 fully saturated rings. The molecule has 0 spiro atoms. The lowest BCUT2D eigenvalue weighted by atomic mass is 10.2. The molecule has 0 aliphatic heterocycles. The summed E-state index contributed by atoms with van der Waals surface area (Å²) in [5.74, 6) is -0.698. The van der Waals surface area contributed by atoms with E-state index in [9.17, 15) is 9.59 Å². The topological polar surface area (TPSA) is 52.6 Å². The maximum absolute atomic E-state index is 11.6. The van der Waals surface area contributed by atoms with Crippen LogP contribution in [-0.4, -0.2) is 25.2 Å². The van der Waals surface area contributed by atoms with Crippen molar-refractivity contribution in [1.82, 2.24) is 0 Å². The molecule has 6 heteroatoms. The lowest BCUT2D eigenvalue weighted by Gasteiger charge is -2.09. The standard InChI is InChI=1S/C12H18Br2O4/c1-7(2)5-17-11(15)9(13)10(14)12(16)18-6-8(3)4/h7-8H,5-6H2,1-4H3/b10-9-. The first kappa shape index (κ1) is 17.6. The number of esters is 2. The molecule has 0 saturated heterocycles. The van der Waals surface area contributed by atoms with E-state index in [1.165, 1.54) is 0 Å². The third-order valence-corrected chi connectivity index (χ3v) is 3.62. The minimum atomic E-state index is -0.586. The molecule has 0 saturated carbocycles. The van der Waals surface area contributed by atoms with E-state index in [1.807, 2.05) is 27.7 Å². The van der Waals surface area contributed by atoms with Gasteiger partial charge in [-0.25, -0.2) is 9.59 Å². The maximum Gasteiger partial charge on any atom is 0.346 e. The molecule has 0 atom stereocenters. The van der Waals surface area contributed by atoms with Crippen molar-refractivity contribution in [3.8, 4) is 0 Å². The summed E-state index contributed by atoms with van der Waals surface area (Å²) in [6.45, 7) is 8.31. The number of ether oxygens (including phenoxy) is 2. The molecule has 0 aliphatic carbocycles. The van der Waals surface area contributed by atoms with Gasteiger partial charge in [0.1, 0.15) is 8.96 Å². The molecule has 0 aromatic heterocycles. The van der Waals surface area contributed by atoms with Crippen molar-refractivity contribution in [3.63, 3.8) is 0 Å². The highest BCUT2D eigenvalue weighted by molar-refractivity contribution is 9.14. The molecule has 0 aromatic rings. The Bertz CT molecular complexity index is 303. The lowest BCUT2D eigenvalue weighted by Crippen LogP contribution is -2.15. The van der Waals surface area contributed by atoms with Gasteiger partial charge in [-0.05, 0) is 43.7 Å². The molecule has 0 radical (unpaired) electrons. The van der Waals surface area contributed by atoms with E-state index < -0.39 is 11.9 Å². The molecule has 18 heavy (non-hydrogen) atoms. The molecule has 104 valence electrons. The van der Waals surface area contributed by atoms with Crippen LogP contribution in [0.3, 0.4) is 0 Å². The maximum atomic E-state index is 11.6. The third-order valence-electron chi connectivity index (χ3n) is 1.65. The second-order valence-electron chi connectivity index (χ2n) is 4.61. The number of carbonyl (C=O) groups excluding carboxylic acids is 2. The van der Waals surface area contributed by atoms with Crippen molar-refractivity contribution >= 4 is 43.8 Å². The van der Waals surface area contributed by atoms with Gasteiger partial charge in [-0.2, -0.15) is 0 Å². The summed E-state index contributed by atoms with van der Waals surface area (Å²) < 4.78 is 10.0. The van der Waals surface area contributed by atoms with Gasteiger partial charge in [0.15, 0.2) is 0 Å². The monoisotopic (exact) mass is 384 g/mol. The molecule has 0 aromatic carbocycles. The van der Waals surface area contributed by atoms with Crippen molar-refractivity contribution in [3.05, 3.63) is 8.96 Å². The second kappa shape index (κ2) is 8.69. The van der Waals surface area contributed by atoms with Crippen LogP contribution in [0.25, 0.3) is 0 Å². The van der Waals surface area contributed by atoms with E-state index >= 15 is 0 Å². The Kier molecular flexibility index (Phi) is 8.52. The van der Waals surface area contributed by atoms with E-state index in [2.05, 4.69) is 31.9 Å². The zero-order valence-corrected chi connectivity index (χ0v) is 14.1. The smallest absolute Gasteiger partial charge is 0.346 e. The van der Waals surface area contributed by atoms with Crippen molar-refractivity contribution in [2.45, 2.75) is 27.7 Å². The molecule has 0 heterocycles. The minimum absolute atomic E-state index is 0.0388. The van der Waals surface area contributed by atoms with Crippen LogP contribution in [0.2, 0.25) is 0 Å². The Balaban J connectivity index is 4.49. The van der Waals surface area contributed by atoms with Crippen LogP contribution >= 0.6 is 31.9 Å². The van der Waals surface area contributed by atoms with Gasteiger partial charge in [-0.1, -0.05) is 27.7 Å². The highest BCUT2D eigenvalue weighted by Gasteiger charge is 2.19. The van der Waals surface area contributed by atoms with Crippen LogP contribution < -0.4 is 0 Å². The molecule has 0 aliphatic rings. The summed E-state index contributed by atoms with van der Waals surface area (Å²) in [7, 11) is 0. The van der Waals surface area contributed by atoms with Crippen molar-refractivity contribution in [1.29, 1.82) is 0 Å². The van der Waals surface area contributed by atoms with E-state index in [1.54, 1.807) is 0 Å². The molecule has 0 N–H and O–H groups in total. The van der Waals surface area contributed by atoms with Crippen molar-refractivity contribution < 1.29 is 19.1 Å². The third kappa shape index (κ3) is 7.16. The van der Waals surface area contributed by atoms with Crippen LogP contribution in [0, 0.1) is 11.8 Å². The molecule has 0 amide bonds. The van der Waals surface area contributed by atoms with E-state index in [4.69, 9.17) is 9.47 Å². The summed E-state index contributed by atoms with van der Waals surface area (Å²) in [4.78, 5) is 23.1. The molecular weight excluding hydrogens is 368 g/mol. The fourth-order valence-electron chi connectivity index (χ4n) is 0.791. The Morgan fingerprint density at radius 2 is 1.11 bits per heavy atom. The van der Waals surface area contributed by atoms with Crippen LogP contribution in [0.5, 0.6) is 0 Å². The predicted molar refractivity (Wildman–Crippen MR) is 76.5 cm³/mol. The lowest BCUT2D eigenvalue weighted by molar-refractivity contribution is -0.142. The number of hydrogen-bond donors (Lipinski definition) is 0. The fourth-order valence-corrected chi connectivity index (χ4v) is 1.34. The number of halogens is 2.